The van der Waals surface area contributed by atoms with Gasteiger partial charge in [-0.2, -0.15) is 0 Å². The summed E-state index contributed by atoms with van der Waals surface area (Å²) in [5.74, 6) is 0.665. The molecule has 86 valence electrons. The Bertz CT molecular complexity index is 436. The number of nitrogen functional groups attached to an aromatic ring is 1. The van der Waals surface area contributed by atoms with Gasteiger partial charge in [-0.05, 0) is 25.5 Å². The van der Waals surface area contributed by atoms with Crippen LogP contribution in [0.3, 0.4) is 0 Å². The van der Waals surface area contributed by atoms with E-state index in [4.69, 9.17) is 10.3 Å². The summed E-state index contributed by atoms with van der Waals surface area (Å²) in [6, 6.07) is 0. The number of rotatable bonds is 4. The van der Waals surface area contributed by atoms with Gasteiger partial charge in [0.15, 0.2) is 11.6 Å². The first-order valence-electron chi connectivity index (χ1n) is 4.85. The fourth-order valence-corrected chi connectivity index (χ4v) is 1.44. The summed E-state index contributed by atoms with van der Waals surface area (Å²) in [6.45, 7) is 10.5. The van der Waals surface area contributed by atoms with Gasteiger partial charge in [-0.25, -0.2) is 0 Å². The highest BCUT2D eigenvalue weighted by molar-refractivity contribution is 5.82. The summed E-state index contributed by atoms with van der Waals surface area (Å²) < 4.78 is 4.99. The van der Waals surface area contributed by atoms with Gasteiger partial charge in [-0.3, -0.25) is 0 Å². The molecular weight excluding hydrogens is 204 g/mol. The molecule has 4 nitrogen and oxygen atoms in total. The molecule has 0 aliphatic rings. The second-order valence-electron chi connectivity index (χ2n) is 3.89. The second-order valence-corrected chi connectivity index (χ2v) is 3.89. The van der Waals surface area contributed by atoms with E-state index in [-0.39, 0.29) is 5.82 Å². The van der Waals surface area contributed by atoms with E-state index < -0.39 is 5.60 Å². The lowest BCUT2D eigenvalue weighted by atomic mass is 9.90. The Morgan fingerprint density at radius 3 is 2.56 bits per heavy atom. The van der Waals surface area contributed by atoms with Gasteiger partial charge in [0.25, 0.3) is 0 Å². The third kappa shape index (κ3) is 2.23. The lowest BCUT2D eigenvalue weighted by molar-refractivity contribution is 0.143. The van der Waals surface area contributed by atoms with Crippen molar-refractivity contribution in [1.29, 1.82) is 0 Å². The lowest BCUT2D eigenvalue weighted by Crippen LogP contribution is -2.21. The maximum Gasteiger partial charge on any atom is 0.175 e. The molecule has 0 aromatic carbocycles. The Labute approximate surface area is 94.7 Å². The molecule has 0 fully saturated rings. The van der Waals surface area contributed by atoms with Crippen LogP contribution in [0, 0.1) is 0 Å². The predicted molar refractivity (Wildman–Crippen MR) is 65.5 cm³/mol. The van der Waals surface area contributed by atoms with E-state index in [2.05, 4.69) is 18.3 Å². The molecule has 16 heavy (non-hydrogen) atoms. The van der Waals surface area contributed by atoms with Crippen molar-refractivity contribution in [2.24, 2.45) is 0 Å². The van der Waals surface area contributed by atoms with Crippen molar-refractivity contribution in [2.75, 3.05) is 5.73 Å². The maximum atomic E-state index is 10.0. The number of aromatic nitrogens is 1. The molecule has 1 aromatic heterocycles. The number of anilines is 1. The summed E-state index contributed by atoms with van der Waals surface area (Å²) in [7, 11) is 0. The molecule has 1 aromatic rings. The van der Waals surface area contributed by atoms with E-state index in [9.17, 15) is 5.11 Å². The summed E-state index contributed by atoms with van der Waals surface area (Å²) in [5, 5.41) is 13.7. The van der Waals surface area contributed by atoms with Crippen molar-refractivity contribution in [3.8, 4) is 0 Å². The van der Waals surface area contributed by atoms with Crippen LogP contribution in [0.2, 0.25) is 0 Å². The highest BCUT2D eigenvalue weighted by atomic mass is 16.5. The molecule has 4 heteroatoms. The van der Waals surface area contributed by atoms with Crippen LogP contribution in [0.25, 0.3) is 11.6 Å². The van der Waals surface area contributed by atoms with E-state index in [0.717, 1.165) is 0 Å². The first kappa shape index (κ1) is 12.3. The molecule has 0 saturated carbocycles. The minimum absolute atomic E-state index is 0.227. The maximum absolute atomic E-state index is 10.0. The van der Waals surface area contributed by atoms with Gasteiger partial charge < -0.3 is 15.4 Å². The summed E-state index contributed by atoms with van der Waals surface area (Å²) in [5.41, 5.74) is 5.79. The van der Waals surface area contributed by atoms with Gasteiger partial charge in [-0.15, -0.1) is 0 Å². The molecule has 0 aliphatic carbocycles. The normalized spacial score (nSPS) is 12.6. The number of hydrogen-bond donors (Lipinski definition) is 2. The molecule has 0 saturated heterocycles. The van der Waals surface area contributed by atoms with E-state index >= 15 is 0 Å². The predicted octanol–water partition coefficient (Wildman–Crippen LogP) is 2.24. The van der Waals surface area contributed by atoms with E-state index in [1.54, 1.807) is 26.0 Å². The van der Waals surface area contributed by atoms with Crippen LogP contribution in [0.4, 0.5) is 5.82 Å². The molecule has 0 radical (unpaired) electrons. The van der Waals surface area contributed by atoms with Crippen molar-refractivity contribution < 1.29 is 9.63 Å². The molecule has 0 bridgehead atoms. The fraction of sp³-hybridized carbons (Fsp3) is 0.250. The molecule has 0 amide bonds. The summed E-state index contributed by atoms with van der Waals surface area (Å²) in [6.07, 6.45) is 4.75. The highest BCUT2D eigenvalue weighted by Crippen LogP contribution is 2.33. The number of aliphatic hydroxyl groups is 1. The van der Waals surface area contributed by atoms with Crippen molar-refractivity contribution >= 4 is 17.5 Å². The quantitative estimate of drug-likeness (QED) is 0.763. The lowest BCUT2D eigenvalue weighted by Gasteiger charge is -2.21. The molecule has 1 heterocycles. The van der Waals surface area contributed by atoms with Crippen molar-refractivity contribution in [3.05, 3.63) is 36.6 Å². The zero-order valence-electron chi connectivity index (χ0n) is 9.53. The third-order valence-electron chi connectivity index (χ3n) is 2.14. The molecule has 0 atom stereocenters. The number of nitrogens with zero attached hydrogens (tertiary/aromatic N) is 1. The van der Waals surface area contributed by atoms with Crippen LogP contribution in [0.5, 0.6) is 0 Å². The highest BCUT2D eigenvalue weighted by Gasteiger charge is 2.26. The molecule has 0 aliphatic heterocycles. The number of hydrogen-bond acceptors (Lipinski definition) is 4. The van der Waals surface area contributed by atoms with Crippen LogP contribution in [0.15, 0.2) is 29.8 Å². The van der Waals surface area contributed by atoms with Gasteiger partial charge in [0.2, 0.25) is 0 Å². The monoisotopic (exact) mass is 220 g/mol. The molecular formula is C12H16N2O2. The Kier molecular flexibility index (Phi) is 3.34. The average Bonchev–Trinajstić information content (AvgIpc) is 2.54. The summed E-state index contributed by atoms with van der Waals surface area (Å²) in [4.78, 5) is 0. The zero-order chi connectivity index (χ0) is 12.3. The van der Waals surface area contributed by atoms with Gasteiger partial charge >= 0.3 is 0 Å². The Balaban J connectivity index is 3.43. The van der Waals surface area contributed by atoms with Crippen LogP contribution in [-0.4, -0.2) is 15.9 Å². The topological polar surface area (TPSA) is 72.3 Å². The standard InChI is InChI=1S/C12H16N2O2/c1-5-7-8(12(3,4)15)10-9(6-2)16-14-11(10)13/h5-7,15H,1-2H2,3-4H3,(H2,13,14)/b8-7+. The molecule has 1 rings (SSSR count). The second kappa shape index (κ2) is 4.37. The zero-order valence-corrected chi connectivity index (χ0v) is 9.53. The van der Waals surface area contributed by atoms with Gasteiger partial charge in [0.05, 0.1) is 11.2 Å². The van der Waals surface area contributed by atoms with Crippen LogP contribution < -0.4 is 5.73 Å². The summed E-state index contributed by atoms with van der Waals surface area (Å²) >= 11 is 0. The van der Waals surface area contributed by atoms with Gasteiger partial charge in [-0.1, -0.05) is 30.5 Å². The number of allylic oxidation sites excluding steroid dienone is 2. The molecule has 0 unspecified atom stereocenters. The van der Waals surface area contributed by atoms with Crippen LogP contribution in [0.1, 0.15) is 25.2 Å². The third-order valence-corrected chi connectivity index (χ3v) is 2.14. The smallest absolute Gasteiger partial charge is 0.175 e. The van der Waals surface area contributed by atoms with Crippen molar-refractivity contribution in [1.82, 2.24) is 5.16 Å². The van der Waals surface area contributed by atoms with Crippen LogP contribution in [-0.2, 0) is 0 Å². The minimum Gasteiger partial charge on any atom is -0.386 e. The average molecular weight is 220 g/mol. The molecule has 3 N–H and O–H groups in total. The van der Waals surface area contributed by atoms with Crippen molar-refractivity contribution in [2.45, 2.75) is 19.4 Å². The van der Waals surface area contributed by atoms with Crippen LogP contribution >= 0.6 is 0 Å². The SMILES string of the molecule is C=C/C=C(\c1c(N)noc1C=C)C(C)(C)O. The number of nitrogens with two attached hydrogens (primary N) is 1. The van der Waals surface area contributed by atoms with E-state index in [1.165, 1.54) is 6.08 Å². The Hall–Kier alpha value is -1.81. The Morgan fingerprint density at radius 1 is 1.50 bits per heavy atom. The van der Waals surface area contributed by atoms with E-state index in [1.807, 2.05) is 0 Å². The first-order chi connectivity index (χ1) is 7.41. The minimum atomic E-state index is -1.06. The Morgan fingerprint density at radius 2 is 2.12 bits per heavy atom. The fourth-order valence-electron chi connectivity index (χ4n) is 1.44. The van der Waals surface area contributed by atoms with E-state index in [0.29, 0.717) is 16.9 Å². The molecule has 0 spiro atoms. The van der Waals surface area contributed by atoms with Crippen molar-refractivity contribution in [3.63, 3.8) is 0 Å². The largest absolute Gasteiger partial charge is 0.386 e. The van der Waals surface area contributed by atoms with Gasteiger partial charge in [0, 0.05) is 0 Å². The first-order valence-corrected chi connectivity index (χ1v) is 4.85. The van der Waals surface area contributed by atoms with Gasteiger partial charge in [0.1, 0.15) is 0 Å².